The molecule has 0 bridgehead atoms. The molecule has 5 rings (SSSR count). The van der Waals surface area contributed by atoms with Gasteiger partial charge in [0.1, 0.15) is 5.60 Å². The summed E-state index contributed by atoms with van der Waals surface area (Å²) in [6.07, 6.45) is 5.38. The largest absolute Gasteiger partial charge is 0.384 e. The van der Waals surface area contributed by atoms with Gasteiger partial charge in [0.2, 0.25) is 5.95 Å². The first-order chi connectivity index (χ1) is 17.2. The normalized spacial score (nSPS) is 16.8. The summed E-state index contributed by atoms with van der Waals surface area (Å²) < 4.78 is 0. The molecule has 1 saturated heterocycles. The number of hydrogen-bond donors (Lipinski definition) is 2. The first kappa shape index (κ1) is 24.3. The minimum Gasteiger partial charge on any atom is -0.384 e. The van der Waals surface area contributed by atoms with Gasteiger partial charge in [-0.2, -0.15) is 0 Å². The molecule has 0 unspecified atom stereocenters. The fourth-order valence-electron chi connectivity index (χ4n) is 5.19. The lowest BCUT2D eigenvalue weighted by atomic mass is 10.0. The Kier molecular flexibility index (Phi) is 6.49. The molecule has 0 saturated carbocycles. The number of nitrogens with zero attached hydrogens (tertiary/aromatic N) is 5. The van der Waals surface area contributed by atoms with Gasteiger partial charge < -0.3 is 15.3 Å². The molecular formula is C28H34N6O2. The summed E-state index contributed by atoms with van der Waals surface area (Å²) in [6.45, 7) is 10.6. The van der Waals surface area contributed by atoms with Gasteiger partial charge in [0.25, 0.3) is 5.91 Å². The van der Waals surface area contributed by atoms with E-state index in [2.05, 4.69) is 52.2 Å². The van der Waals surface area contributed by atoms with Crippen LogP contribution in [0.4, 0.5) is 11.6 Å². The smallest absolute Gasteiger partial charge is 0.253 e. The van der Waals surface area contributed by atoms with Crippen LogP contribution >= 0.6 is 0 Å². The molecule has 1 aromatic carbocycles. The summed E-state index contributed by atoms with van der Waals surface area (Å²) in [6, 6.07) is 10.2. The zero-order chi connectivity index (χ0) is 25.4. The van der Waals surface area contributed by atoms with Crippen LogP contribution < -0.4 is 5.32 Å². The topological polar surface area (TPSA) is 94.5 Å². The number of aliphatic hydroxyl groups is 1. The van der Waals surface area contributed by atoms with Crippen molar-refractivity contribution >= 4 is 17.5 Å². The Bertz CT molecular complexity index is 1260. The van der Waals surface area contributed by atoms with Gasteiger partial charge in [-0.05, 0) is 75.9 Å². The van der Waals surface area contributed by atoms with Crippen molar-refractivity contribution in [3.63, 3.8) is 0 Å². The number of aromatic nitrogens is 3. The lowest BCUT2D eigenvalue weighted by molar-refractivity contribution is 0.0609. The summed E-state index contributed by atoms with van der Waals surface area (Å²) in [5.41, 5.74) is 5.67. The highest BCUT2D eigenvalue weighted by Crippen LogP contribution is 2.29. The number of amides is 1. The predicted molar refractivity (Wildman–Crippen MR) is 139 cm³/mol. The Morgan fingerprint density at radius 3 is 2.47 bits per heavy atom. The summed E-state index contributed by atoms with van der Waals surface area (Å²) in [7, 11) is 0. The Labute approximate surface area is 212 Å². The number of hydrogen-bond acceptors (Lipinski definition) is 7. The average molecular weight is 487 g/mol. The van der Waals surface area contributed by atoms with Gasteiger partial charge in [-0.15, -0.1) is 0 Å². The molecule has 0 atom stereocenters. The Hall–Kier alpha value is -3.36. The van der Waals surface area contributed by atoms with E-state index in [1.165, 1.54) is 16.7 Å². The van der Waals surface area contributed by atoms with Crippen molar-refractivity contribution in [3.05, 3.63) is 76.4 Å². The van der Waals surface area contributed by atoms with Crippen LogP contribution in [0.15, 0.2) is 42.7 Å². The van der Waals surface area contributed by atoms with Gasteiger partial charge >= 0.3 is 0 Å². The zero-order valence-electron chi connectivity index (χ0n) is 21.5. The molecule has 8 nitrogen and oxygen atoms in total. The van der Waals surface area contributed by atoms with Crippen LogP contribution in [0.25, 0.3) is 0 Å². The second kappa shape index (κ2) is 9.59. The van der Waals surface area contributed by atoms with Crippen LogP contribution in [-0.2, 0) is 18.7 Å². The first-order valence-electron chi connectivity index (χ1n) is 12.6. The second-order valence-electron chi connectivity index (χ2n) is 10.6. The van der Waals surface area contributed by atoms with Crippen LogP contribution in [0.5, 0.6) is 0 Å². The number of pyridine rings is 1. The fraction of sp³-hybridized carbons (Fsp3) is 0.429. The van der Waals surface area contributed by atoms with Crippen LogP contribution in [0.3, 0.4) is 0 Å². The van der Waals surface area contributed by atoms with Crippen LogP contribution in [0.2, 0.25) is 0 Å². The number of nitrogens with one attached hydrogen (secondary N) is 1. The number of aryl methyl sites for hydroxylation is 2. The van der Waals surface area contributed by atoms with Gasteiger partial charge in [0, 0.05) is 61.4 Å². The van der Waals surface area contributed by atoms with Crippen molar-refractivity contribution in [1.82, 2.24) is 24.8 Å². The van der Waals surface area contributed by atoms with Crippen molar-refractivity contribution in [2.75, 3.05) is 18.4 Å². The van der Waals surface area contributed by atoms with Crippen LogP contribution in [-0.4, -0.2) is 54.9 Å². The number of carbonyl (C=O) groups excluding carboxylic acids is 1. The minimum atomic E-state index is -1.08. The number of likely N-dealkylation sites (tertiary alicyclic amines) is 1. The molecule has 2 aromatic heterocycles. The van der Waals surface area contributed by atoms with E-state index < -0.39 is 5.60 Å². The summed E-state index contributed by atoms with van der Waals surface area (Å²) in [4.78, 5) is 31.0. The monoisotopic (exact) mass is 486 g/mol. The minimum absolute atomic E-state index is 0.000902. The molecule has 0 radical (unpaired) electrons. The average Bonchev–Trinajstić information content (AvgIpc) is 3.26. The van der Waals surface area contributed by atoms with Crippen molar-refractivity contribution < 1.29 is 9.90 Å². The molecule has 0 aliphatic carbocycles. The number of benzene rings is 1. The third kappa shape index (κ3) is 5.24. The third-order valence-electron chi connectivity index (χ3n) is 7.06. The highest BCUT2D eigenvalue weighted by Gasteiger charge is 2.32. The van der Waals surface area contributed by atoms with Crippen LogP contribution in [0.1, 0.15) is 65.1 Å². The standard InChI is InChI=1S/C28H34N6O2/c1-18-11-19(2)13-22(12-18)31-27-30-15-21-16-34(17-24(21)32-27)23-6-9-33(10-7-23)26(35)20-5-8-29-25(14-20)28(3,4)36/h5,8,11-15,23,36H,6-7,9-10,16-17H2,1-4H3,(H,30,31,32). The van der Waals surface area contributed by atoms with Gasteiger partial charge in [-0.3, -0.25) is 14.7 Å². The SMILES string of the molecule is Cc1cc(C)cc(Nc2ncc3c(n2)CN(C2CCN(C(=O)c4ccnc(C(C)(C)O)c4)CC2)C3)c1. The van der Waals surface area contributed by atoms with Gasteiger partial charge in [-0.25, -0.2) is 9.97 Å². The lowest BCUT2D eigenvalue weighted by Crippen LogP contribution is -2.45. The molecule has 4 heterocycles. The molecule has 3 aromatic rings. The molecule has 188 valence electrons. The number of piperidine rings is 1. The van der Waals surface area contributed by atoms with Gasteiger partial charge in [0.05, 0.1) is 11.4 Å². The van der Waals surface area contributed by atoms with E-state index in [0.717, 1.165) is 37.3 Å². The number of fused-ring (bicyclic) bond motifs is 1. The summed E-state index contributed by atoms with van der Waals surface area (Å²) in [5.74, 6) is 0.628. The van der Waals surface area contributed by atoms with Gasteiger partial charge in [-0.1, -0.05) is 6.07 Å². The summed E-state index contributed by atoms with van der Waals surface area (Å²) in [5, 5.41) is 13.6. The maximum atomic E-state index is 13.1. The predicted octanol–water partition coefficient (Wildman–Crippen LogP) is 4.08. The third-order valence-corrected chi connectivity index (χ3v) is 7.06. The summed E-state index contributed by atoms with van der Waals surface area (Å²) >= 11 is 0. The number of anilines is 2. The van der Waals surface area contributed by atoms with Gasteiger partial charge in [0.15, 0.2) is 0 Å². The molecule has 0 spiro atoms. The van der Waals surface area contributed by atoms with Crippen molar-refractivity contribution in [2.45, 2.75) is 65.3 Å². The number of rotatable bonds is 5. The maximum Gasteiger partial charge on any atom is 0.253 e. The first-order valence-corrected chi connectivity index (χ1v) is 12.6. The fourth-order valence-corrected chi connectivity index (χ4v) is 5.19. The van der Waals surface area contributed by atoms with Crippen molar-refractivity contribution in [2.24, 2.45) is 0 Å². The lowest BCUT2D eigenvalue weighted by Gasteiger charge is -2.36. The second-order valence-corrected chi connectivity index (χ2v) is 10.6. The highest BCUT2D eigenvalue weighted by atomic mass is 16.3. The van der Waals surface area contributed by atoms with E-state index in [4.69, 9.17) is 4.98 Å². The molecular weight excluding hydrogens is 452 g/mol. The van der Waals surface area contributed by atoms with E-state index in [1.807, 2.05) is 11.1 Å². The van der Waals surface area contributed by atoms with E-state index in [1.54, 1.807) is 32.2 Å². The van der Waals surface area contributed by atoms with Crippen molar-refractivity contribution in [3.8, 4) is 0 Å². The van der Waals surface area contributed by atoms with Crippen molar-refractivity contribution in [1.29, 1.82) is 0 Å². The Morgan fingerprint density at radius 2 is 1.78 bits per heavy atom. The molecule has 36 heavy (non-hydrogen) atoms. The highest BCUT2D eigenvalue weighted by molar-refractivity contribution is 5.94. The molecule has 1 amide bonds. The quantitative estimate of drug-likeness (QED) is 0.561. The maximum absolute atomic E-state index is 13.1. The van der Waals surface area contributed by atoms with E-state index in [0.29, 0.717) is 36.3 Å². The molecule has 8 heteroatoms. The molecule has 2 aliphatic rings. The Balaban J connectivity index is 1.19. The van der Waals surface area contributed by atoms with E-state index >= 15 is 0 Å². The van der Waals surface area contributed by atoms with E-state index in [9.17, 15) is 9.90 Å². The Morgan fingerprint density at radius 1 is 1.06 bits per heavy atom. The number of carbonyl (C=O) groups is 1. The zero-order valence-corrected chi connectivity index (χ0v) is 21.5. The van der Waals surface area contributed by atoms with Crippen LogP contribution in [0, 0.1) is 13.8 Å². The molecule has 2 N–H and O–H groups in total. The molecule has 2 aliphatic heterocycles. The molecule has 1 fully saturated rings. The van der Waals surface area contributed by atoms with E-state index in [-0.39, 0.29) is 5.91 Å².